The lowest BCUT2D eigenvalue weighted by Crippen LogP contribution is -2.11. The van der Waals surface area contributed by atoms with E-state index in [2.05, 4.69) is 0 Å². The summed E-state index contributed by atoms with van der Waals surface area (Å²) in [6, 6.07) is 8.40. The number of hydrogen-bond donors (Lipinski definition) is 1. The number of rotatable bonds is 4. The van der Waals surface area contributed by atoms with E-state index in [0.29, 0.717) is 21.6 Å². The molecule has 21 heavy (non-hydrogen) atoms. The minimum atomic E-state index is -1.52. The molecule has 0 radical (unpaired) electrons. The van der Waals surface area contributed by atoms with Crippen LogP contribution in [0.3, 0.4) is 0 Å². The van der Waals surface area contributed by atoms with E-state index in [1.807, 2.05) is 0 Å². The number of aryl methyl sites for hydroxylation is 2. The average Bonchev–Trinajstić information content (AvgIpc) is 2.44. The Labute approximate surface area is 124 Å². The summed E-state index contributed by atoms with van der Waals surface area (Å²) in [5.74, 6) is -0.697. The second-order valence-electron chi connectivity index (χ2n) is 4.83. The van der Waals surface area contributed by atoms with Gasteiger partial charge in [0.15, 0.2) is 5.78 Å². The summed E-state index contributed by atoms with van der Waals surface area (Å²) in [6.07, 6.45) is 0. The van der Waals surface area contributed by atoms with E-state index >= 15 is 0 Å². The predicted molar refractivity (Wildman–Crippen MR) is 79.6 cm³/mol. The van der Waals surface area contributed by atoms with E-state index in [0.717, 1.165) is 0 Å². The second kappa shape index (κ2) is 6.18. The number of Topliss-reactive ketones (excluding diaryl/α,β-unsaturated/α-hetero) is 1. The summed E-state index contributed by atoms with van der Waals surface area (Å²) >= 11 is 0. The molecule has 2 aromatic carbocycles. The van der Waals surface area contributed by atoms with Gasteiger partial charge >= 0.3 is 0 Å². The van der Waals surface area contributed by atoms with Crippen molar-refractivity contribution < 1.29 is 18.5 Å². The predicted octanol–water partition coefficient (Wildman–Crippen LogP) is 3.14. The fourth-order valence-corrected chi connectivity index (χ4v) is 3.00. The smallest absolute Gasteiger partial charge is 0.175 e. The van der Waals surface area contributed by atoms with Crippen LogP contribution in [0.25, 0.3) is 0 Å². The number of hydrogen-bond acceptors (Lipinski definition) is 3. The highest BCUT2D eigenvalue weighted by Gasteiger charge is 2.14. The Balaban J connectivity index is 2.18. The summed E-state index contributed by atoms with van der Waals surface area (Å²) < 4.78 is 24.9. The highest BCUT2D eigenvalue weighted by molar-refractivity contribution is 7.85. The molecule has 0 amide bonds. The first kappa shape index (κ1) is 15.4. The van der Waals surface area contributed by atoms with E-state index in [1.165, 1.54) is 24.3 Å². The lowest BCUT2D eigenvalue weighted by molar-refractivity contribution is 0.102. The summed E-state index contributed by atoms with van der Waals surface area (Å²) in [4.78, 5) is 12.6. The maximum Gasteiger partial charge on any atom is 0.175 e. The minimum absolute atomic E-state index is 0.159. The van der Waals surface area contributed by atoms with E-state index in [4.69, 9.17) is 0 Å². The van der Waals surface area contributed by atoms with Gasteiger partial charge in [0, 0.05) is 10.5 Å². The first-order chi connectivity index (χ1) is 9.88. The number of carbonyl (C=O) groups is 1. The molecule has 0 aliphatic carbocycles. The monoisotopic (exact) mass is 306 g/mol. The SMILES string of the molecule is Cc1cc(C(=O)C[S@@](=O)c2ccc(F)cc2)cc(C)c1O. The van der Waals surface area contributed by atoms with Crippen LogP contribution in [0, 0.1) is 19.7 Å². The highest BCUT2D eigenvalue weighted by Crippen LogP contribution is 2.23. The molecular formula is C16H15FO3S. The Kier molecular flexibility index (Phi) is 4.53. The minimum Gasteiger partial charge on any atom is -0.507 e. The van der Waals surface area contributed by atoms with Crippen molar-refractivity contribution in [3.05, 3.63) is 58.9 Å². The Bertz CT molecular complexity index is 685. The van der Waals surface area contributed by atoms with Gasteiger partial charge in [-0.2, -0.15) is 0 Å². The van der Waals surface area contributed by atoms with Crippen molar-refractivity contribution in [3.63, 3.8) is 0 Å². The molecule has 1 atom stereocenters. The normalized spacial score (nSPS) is 12.1. The van der Waals surface area contributed by atoms with Crippen molar-refractivity contribution in [1.82, 2.24) is 0 Å². The Hall–Kier alpha value is -2.01. The highest BCUT2D eigenvalue weighted by atomic mass is 32.2. The average molecular weight is 306 g/mol. The first-order valence-corrected chi connectivity index (χ1v) is 7.67. The van der Waals surface area contributed by atoms with Crippen LogP contribution in [0.5, 0.6) is 5.75 Å². The zero-order valence-corrected chi connectivity index (χ0v) is 12.5. The molecule has 0 heterocycles. The van der Waals surface area contributed by atoms with Gasteiger partial charge in [0.05, 0.1) is 16.6 Å². The van der Waals surface area contributed by atoms with Gasteiger partial charge < -0.3 is 5.11 Å². The van der Waals surface area contributed by atoms with E-state index in [1.54, 1.807) is 26.0 Å². The first-order valence-electron chi connectivity index (χ1n) is 6.36. The van der Waals surface area contributed by atoms with Crippen molar-refractivity contribution in [2.45, 2.75) is 18.7 Å². The molecule has 1 N–H and O–H groups in total. The molecule has 0 saturated carbocycles. The molecule has 0 spiro atoms. The molecule has 2 rings (SSSR count). The van der Waals surface area contributed by atoms with Crippen LogP contribution in [-0.4, -0.2) is 20.9 Å². The quantitative estimate of drug-likeness (QED) is 0.883. The van der Waals surface area contributed by atoms with Gasteiger partial charge in [0.25, 0.3) is 0 Å². The van der Waals surface area contributed by atoms with E-state index < -0.39 is 16.6 Å². The molecule has 0 aliphatic rings. The molecule has 110 valence electrons. The summed E-state index contributed by atoms with van der Waals surface area (Å²) in [7, 11) is -1.52. The van der Waals surface area contributed by atoms with Gasteiger partial charge in [-0.3, -0.25) is 9.00 Å². The zero-order valence-electron chi connectivity index (χ0n) is 11.7. The lowest BCUT2D eigenvalue weighted by atomic mass is 10.0. The van der Waals surface area contributed by atoms with Gasteiger partial charge in [0.1, 0.15) is 11.6 Å². The number of benzene rings is 2. The third-order valence-corrected chi connectivity index (χ3v) is 4.47. The van der Waals surface area contributed by atoms with E-state index in [9.17, 15) is 18.5 Å². The third-order valence-electron chi connectivity index (χ3n) is 3.15. The molecule has 0 aliphatic heterocycles. The van der Waals surface area contributed by atoms with Gasteiger partial charge in [-0.25, -0.2) is 4.39 Å². The van der Waals surface area contributed by atoms with Crippen molar-refractivity contribution in [3.8, 4) is 5.75 Å². The largest absolute Gasteiger partial charge is 0.507 e. The fourth-order valence-electron chi connectivity index (χ4n) is 1.99. The van der Waals surface area contributed by atoms with Crippen LogP contribution in [-0.2, 0) is 10.8 Å². The van der Waals surface area contributed by atoms with Crippen molar-refractivity contribution in [1.29, 1.82) is 0 Å². The van der Waals surface area contributed by atoms with Gasteiger partial charge in [-0.15, -0.1) is 0 Å². The van der Waals surface area contributed by atoms with Crippen LogP contribution in [0.1, 0.15) is 21.5 Å². The summed E-state index contributed by atoms with van der Waals surface area (Å²) in [5, 5.41) is 9.69. The summed E-state index contributed by atoms with van der Waals surface area (Å²) in [5.41, 5.74) is 1.62. The van der Waals surface area contributed by atoms with Crippen LogP contribution >= 0.6 is 0 Å². The number of halogens is 1. The molecule has 3 nitrogen and oxygen atoms in total. The van der Waals surface area contributed by atoms with E-state index in [-0.39, 0.29) is 17.3 Å². The van der Waals surface area contributed by atoms with Crippen molar-refractivity contribution in [2.75, 3.05) is 5.75 Å². The molecule has 0 saturated heterocycles. The Morgan fingerprint density at radius 1 is 1.14 bits per heavy atom. The number of carbonyl (C=O) groups excluding carboxylic acids is 1. The van der Waals surface area contributed by atoms with Gasteiger partial charge in [0.2, 0.25) is 0 Å². The van der Waals surface area contributed by atoms with Crippen LogP contribution < -0.4 is 0 Å². The Morgan fingerprint density at radius 3 is 2.19 bits per heavy atom. The second-order valence-corrected chi connectivity index (χ2v) is 6.28. The van der Waals surface area contributed by atoms with Crippen LogP contribution in [0.4, 0.5) is 4.39 Å². The number of ketones is 1. The van der Waals surface area contributed by atoms with Crippen LogP contribution in [0.2, 0.25) is 0 Å². The standard InChI is InChI=1S/C16H15FO3S/c1-10-7-12(8-11(2)16(10)19)15(18)9-21(20)14-5-3-13(17)4-6-14/h3-8,19H,9H2,1-2H3/t21-/m1/s1. The maximum atomic E-state index is 12.8. The van der Waals surface area contributed by atoms with Crippen molar-refractivity contribution >= 4 is 16.6 Å². The topological polar surface area (TPSA) is 54.4 Å². The number of phenols is 1. The maximum absolute atomic E-state index is 12.8. The molecule has 2 aromatic rings. The lowest BCUT2D eigenvalue weighted by Gasteiger charge is -2.07. The number of aromatic hydroxyl groups is 1. The zero-order chi connectivity index (χ0) is 15.6. The van der Waals surface area contributed by atoms with Crippen molar-refractivity contribution in [2.24, 2.45) is 0 Å². The molecule has 0 fully saturated rings. The molecule has 0 unspecified atom stereocenters. The molecular weight excluding hydrogens is 291 g/mol. The third kappa shape index (κ3) is 3.55. The molecule has 0 bridgehead atoms. The summed E-state index contributed by atoms with van der Waals surface area (Å²) in [6.45, 7) is 3.41. The molecule has 5 heteroatoms. The fraction of sp³-hybridized carbons (Fsp3) is 0.188. The van der Waals surface area contributed by atoms with Gasteiger partial charge in [-0.1, -0.05) is 0 Å². The molecule has 0 aromatic heterocycles. The van der Waals surface area contributed by atoms with Crippen LogP contribution in [0.15, 0.2) is 41.3 Å². The number of phenolic OH excluding ortho intramolecular Hbond substituents is 1. The van der Waals surface area contributed by atoms with Gasteiger partial charge in [-0.05, 0) is 61.4 Å². The Morgan fingerprint density at radius 2 is 1.67 bits per heavy atom.